The number of aryl methyl sites for hydroxylation is 1. The Morgan fingerprint density at radius 1 is 1.24 bits per heavy atom. The molecule has 0 fully saturated rings. The lowest BCUT2D eigenvalue weighted by Crippen LogP contribution is -2.22. The zero-order chi connectivity index (χ0) is 14.7. The Kier molecular flexibility index (Phi) is 4.11. The molecular weight excluding hydrogens is 262 g/mol. The molecule has 0 amide bonds. The fraction of sp³-hybridized carbons (Fsp3) is 0.333. The molecule has 3 rings (SSSR count). The average molecular weight is 283 g/mol. The molecule has 1 aliphatic rings. The van der Waals surface area contributed by atoms with Gasteiger partial charge in [0.1, 0.15) is 5.75 Å². The normalized spacial score (nSPS) is 17.1. The molecule has 1 heterocycles. The van der Waals surface area contributed by atoms with Crippen LogP contribution in [0.5, 0.6) is 5.75 Å². The average Bonchev–Trinajstić information content (AvgIpc) is 2.53. The van der Waals surface area contributed by atoms with Crippen molar-refractivity contribution in [3.8, 4) is 5.75 Å². The maximum absolute atomic E-state index is 5.91. The summed E-state index contributed by atoms with van der Waals surface area (Å²) in [7, 11) is 1.70. The lowest BCUT2D eigenvalue weighted by atomic mass is 9.97. The van der Waals surface area contributed by atoms with Gasteiger partial charge in [0, 0.05) is 12.2 Å². The van der Waals surface area contributed by atoms with E-state index in [0.29, 0.717) is 0 Å². The molecule has 0 saturated carbocycles. The van der Waals surface area contributed by atoms with Gasteiger partial charge >= 0.3 is 0 Å². The summed E-state index contributed by atoms with van der Waals surface area (Å²) in [6.07, 6.45) is 1.13. The second-order valence-electron chi connectivity index (χ2n) is 5.37. The topological polar surface area (TPSA) is 30.5 Å². The lowest BCUT2D eigenvalue weighted by molar-refractivity contribution is 0.0513. The second-order valence-corrected chi connectivity index (χ2v) is 5.37. The fourth-order valence-corrected chi connectivity index (χ4v) is 2.84. The van der Waals surface area contributed by atoms with Gasteiger partial charge in [0.25, 0.3) is 0 Å². The first-order chi connectivity index (χ1) is 10.3. The van der Waals surface area contributed by atoms with E-state index in [4.69, 9.17) is 9.47 Å². The van der Waals surface area contributed by atoms with Crippen molar-refractivity contribution in [2.45, 2.75) is 19.4 Å². The van der Waals surface area contributed by atoms with E-state index in [0.717, 1.165) is 36.6 Å². The smallest absolute Gasteiger partial charge is 0.121 e. The Balaban J connectivity index is 1.70. The van der Waals surface area contributed by atoms with E-state index in [1.807, 2.05) is 12.1 Å². The van der Waals surface area contributed by atoms with Crippen molar-refractivity contribution >= 4 is 5.69 Å². The highest BCUT2D eigenvalue weighted by molar-refractivity contribution is 5.51. The molecule has 0 bridgehead atoms. The van der Waals surface area contributed by atoms with E-state index in [2.05, 4.69) is 42.6 Å². The number of fused-ring (bicyclic) bond motifs is 1. The Bertz CT molecular complexity index is 624. The third-order valence-corrected chi connectivity index (χ3v) is 3.98. The molecule has 0 aliphatic carbocycles. The van der Waals surface area contributed by atoms with Crippen LogP contribution in [0.4, 0.5) is 5.69 Å². The summed E-state index contributed by atoms with van der Waals surface area (Å²) in [6, 6.07) is 14.7. The molecule has 0 spiro atoms. The minimum atomic E-state index is 0.123. The van der Waals surface area contributed by atoms with Crippen molar-refractivity contribution in [2.75, 3.05) is 25.6 Å². The van der Waals surface area contributed by atoms with Crippen LogP contribution in [-0.4, -0.2) is 20.3 Å². The number of ether oxygens (including phenoxy) is 2. The van der Waals surface area contributed by atoms with Crippen LogP contribution in [0.15, 0.2) is 42.5 Å². The fourth-order valence-electron chi connectivity index (χ4n) is 2.84. The van der Waals surface area contributed by atoms with Crippen LogP contribution in [0, 0.1) is 6.92 Å². The molecular formula is C18H21NO2. The molecule has 1 atom stereocenters. The Labute approximate surface area is 125 Å². The van der Waals surface area contributed by atoms with Crippen molar-refractivity contribution in [3.05, 3.63) is 59.2 Å². The van der Waals surface area contributed by atoms with E-state index >= 15 is 0 Å². The van der Waals surface area contributed by atoms with Gasteiger partial charge in [-0.25, -0.2) is 0 Å². The van der Waals surface area contributed by atoms with Gasteiger partial charge < -0.3 is 14.8 Å². The molecule has 2 aromatic rings. The third-order valence-electron chi connectivity index (χ3n) is 3.98. The summed E-state index contributed by atoms with van der Waals surface area (Å²) in [5.74, 6) is 0.916. The van der Waals surface area contributed by atoms with Crippen LogP contribution >= 0.6 is 0 Å². The molecule has 1 aliphatic heterocycles. The first-order valence-electron chi connectivity index (χ1n) is 7.36. The minimum absolute atomic E-state index is 0.123. The van der Waals surface area contributed by atoms with Gasteiger partial charge in [-0.3, -0.25) is 0 Å². The molecule has 0 radical (unpaired) electrons. The van der Waals surface area contributed by atoms with Crippen LogP contribution in [0.3, 0.4) is 0 Å². The molecule has 0 aromatic heterocycles. The quantitative estimate of drug-likeness (QED) is 0.927. The summed E-state index contributed by atoms with van der Waals surface area (Å²) in [5, 5.41) is 3.47. The maximum Gasteiger partial charge on any atom is 0.121 e. The highest BCUT2D eigenvalue weighted by Gasteiger charge is 2.19. The number of rotatable bonds is 4. The molecule has 1 unspecified atom stereocenters. The van der Waals surface area contributed by atoms with E-state index in [-0.39, 0.29) is 6.10 Å². The predicted octanol–water partition coefficient (Wildman–Crippen LogP) is 3.73. The van der Waals surface area contributed by atoms with Crippen LogP contribution in [0.25, 0.3) is 0 Å². The van der Waals surface area contributed by atoms with Crippen LogP contribution in [-0.2, 0) is 11.2 Å². The maximum atomic E-state index is 5.91. The van der Waals surface area contributed by atoms with Crippen LogP contribution in [0.1, 0.15) is 22.8 Å². The molecule has 1 N–H and O–H groups in total. The first-order valence-corrected chi connectivity index (χ1v) is 7.36. The Morgan fingerprint density at radius 2 is 2.10 bits per heavy atom. The molecule has 3 heteroatoms. The van der Waals surface area contributed by atoms with Crippen molar-refractivity contribution in [1.82, 2.24) is 0 Å². The van der Waals surface area contributed by atoms with Crippen molar-refractivity contribution in [3.63, 3.8) is 0 Å². The Hall–Kier alpha value is -2.00. The zero-order valence-corrected chi connectivity index (χ0v) is 12.6. The summed E-state index contributed by atoms with van der Waals surface area (Å²) < 4.78 is 11.2. The summed E-state index contributed by atoms with van der Waals surface area (Å²) in [4.78, 5) is 0. The summed E-state index contributed by atoms with van der Waals surface area (Å²) in [6.45, 7) is 3.63. The number of nitrogens with one attached hydrogen (secondary N) is 1. The van der Waals surface area contributed by atoms with Gasteiger partial charge in [0.05, 0.1) is 19.8 Å². The molecule has 0 saturated heterocycles. The molecule has 110 valence electrons. The number of benzene rings is 2. The summed E-state index contributed by atoms with van der Waals surface area (Å²) in [5.41, 5.74) is 4.94. The second kappa shape index (κ2) is 6.19. The number of hydrogen-bond acceptors (Lipinski definition) is 3. The van der Waals surface area contributed by atoms with Crippen LogP contribution in [0.2, 0.25) is 0 Å². The Morgan fingerprint density at radius 3 is 2.90 bits per heavy atom. The number of anilines is 1. The zero-order valence-electron chi connectivity index (χ0n) is 12.6. The highest BCUT2D eigenvalue weighted by atomic mass is 16.5. The SMILES string of the molecule is COc1ccc(NCC2OCCc3ccccc32)cc1C. The highest BCUT2D eigenvalue weighted by Crippen LogP contribution is 2.28. The molecule has 2 aromatic carbocycles. The van der Waals surface area contributed by atoms with Gasteiger partial charge in [0.15, 0.2) is 0 Å². The van der Waals surface area contributed by atoms with Gasteiger partial charge in [-0.15, -0.1) is 0 Å². The van der Waals surface area contributed by atoms with Gasteiger partial charge in [-0.1, -0.05) is 24.3 Å². The van der Waals surface area contributed by atoms with Crippen molar-refractivity contribution in [2.24, 2.45) is 0 Å². The predicted molar refractivity (Wildman–Crippen MR) is 85.1 cm³/mol. The molecule has 21 heavy (non-hydrogen) atoms. The first kappa shape index (κ1) is 14.0. The lowest BCUT2D eigenvalue weighted by Gasteiger charge is -2.26. The summed E-state index contributed by atoms with van der Waals surface area (Å²) >= 11 is 0. The number of methoxy groups -OCH3 is 1. The van der Waals surface area contributed by atoms with Gasteiger partial charge in [-0.05, 0) is 48.2 Å². The van der Waals surface area contributed by atoms with Crippen molar-refractivity contribution < 1.29 is 9.47 Å². The van der Waals surface area contributed by atoms with E-state index in [1.54, 1.807) is 7.11 Å². The van der Waals surface area contributed by atoms with E-state index < -0.39 is 0 Å². The van der Waals surface area contributed by atoms with Crippen LogP contribution < -0.4 is 10.1 Å². The van der Waals surface area contributed by atoms with Gasteiger partial charge in [0.2, 0.25) is 0 Å². The molecule has 3 nitrogen and oxygen atoms in total. The van der Waals surface area contributed by atoms with Crippen molar-refractivity contribution in [1.29, 1.82) is 0 Å². The van der Waals surface area contributed by atoms with E-state index in [9.17, 15) is 0 Å². The number of hydrogen-bond donors (Lipinski definition) is 1. The largest absolute Gasteiger partial charge is 0.496 e. The van der Waals surface area contributed by atoms with E-state index in [1.165, 1.54) is 11.1 Å². The monoisotopic (exact) mass is 283 g/mol. The third kappa shape index (κ3) is 3.03. The van der Waals surface area contributed by atoms with Gasteiger partial charge in [-0.2, -0.15) is 0 Å². The minimum Gasteiger partial charge on any atom is -0.496 e. The standard InChI is InChI=1S/C18H21NO2/c1-13-11-15(7-8-17(13)20-2)19-12-18-16-6-4-3-5-14(16)9-10-21-18/h3-8,11,18-19H,9-10,12H2,1-2H3.